The Hall–Kier alpha value is -1.84. The van der Waals surface area contributed by atoms with Gasteiger partial charge in [-0.05, 0) is 25.5 Å². The molecule has 1 aromatic rings. The average Bonchev–Trinajstić information content (AvgIpc) is 2.36. The van der Waals surface area contributed by atoms with Gasteiger partial charge in [-0.25, -0.2) is 0 Å². The lowest BCUT2D eigenvalue weighted by Crippen LogP contribution is -2.44. The molecule has 2 N–H and O–H groups in total. The van der Waals surface area contributed by atoms with E-state index in [4.69, 9.17) is 0 Å². The van der Waals surface area contributed by atoms with Crippen molar-refractivity contribution in [2.45, 2.75) is 26.3 Å². The van der Waals surface area contributed by atoms with Crippen molar-refractivity contribution in [3.05, 3.63) is 35.9 Å². The molecule has 17 heavy (non-hydrogen) atoms. The molecular weight excluding hydrogens is 216 g/mol. The van der Waals surface area contributed by atoms with Crippen LogP contribution in [-0.2, 0) is 4.79 Å². The quantitative estimate of drug-likeness (QED) is 0.807. The zero-order valence-electron chi connectivity index (χ0n) is 10.2. The Labute approximate surface area is 101 Å². The molecule has 0 bridgehead atoms. The molecule has 1 rings (SSSR count). The molecule has 0 saturated carbocycles. The summed E-state index contributed by atoms with van der Waals surface area (Å²) in [6, 6.07) is 8.33. The number of rotatable bonds is 5. The lowest BCUT2D eigenvalue weighted by Gasteiger charge is -2.13. The number of hydrogen-bond acceptors (Lipinski definition) is 2. The van der Waals surface area contributed by atoms with Gasteiger partial charge in [0.2, 0.25) is 5.91 Å². The molecule has 0 aliphatic heterocycles. The van der Waals surface area contributed by atoms with Gasteiger partial charge in [-0.3, -0.25) is 9.59 Å². The van der Waals surface area contributed by atoms with E-state index in [-0.39, 0.29) is 11.8 Å². The summed E-state index contributed by atoms with van der Waals surface area (Å²) < 4.78 is 0. The Morgan fingerprint density at radius 1 is 1.24 bits per heavy atom. The first-order valence-corrected chi connectivity index (χ1v) is 5.78. The highest BCUT2D eigenvalue weighted by molar-refractivity contribution is 5.97. The minimum absolute atomic E-state index is 0.156. The van der Waals surface area contributed by atoms with Gasteiger partial charge in [-0.1, -0.05) is 25.1 Å². The van der Waals surface area contributed by atoms with Crippen molar-refractivity contribution in [2.24, 2.45) is 0 Å². The molecule has 0 spiro atoms. The highest BCUT2D eigenvalue weighted by Gasteiger charge is 2.15. The molecule has 0 aromatic heterocycles. The van der Waals surface area contributed by atoms with Crippen LogP contribution in [0, 0.1) is 0 Å². The molecule has 0 aliphatic carbocycles. The predicted octanol–water partition coefficient (Wildman–Crippen LogP) is 1.33. The predicted molar refractivity (Wildman–Crippen MR) is 66.7 cm³/mol. The number of hydrogen-bond donors (Lipinski definition) is 2. The number of amides is 2. The Morgan fingerprint density at radius 3 is 2.47 bits per heavy atom. The van der Waals surface area contributed by atoms with Crippen LogP contribution >= 0.6 is 0 Å². The van der Waals surface area contributed by atoms with Crippen LogP contribution in [0.25, 0.3) is 0 Å². The first-order chi connectivity index (χ1) is 8.15. The summed E-state index contributed by atoms with van der Waals surface area (Å²) in [6.07, 6.45) is 0.880. The molecule has 0 unspecified atom stereocenters. The average molecular weight is 234 g/mol. The van der Waals surface area contributed by atoms with Crippen LogP contribution in [0.4, 0.5) is 0 Å². The van der Waals surface area contributed by atoms with Crippen LogP contribution in [0.2, 0.25) is 0 Å². The number of nitrogens with one attached hydrogen (secondary N) is 2. The lowest BCUT2D eigenvalue weighted by molar-refractivity contribution is -0.122. The van der Waals surface area contributed by atoms with Gasteiger partial charge in [0.05, 0.1) is 0 Å². The van der Waals surface area contributed by atoms with Crippen LogP contribution in [0.3, 0.4) is 0 Å². The topological polar surface area (TPSA) is 58.2 Å². The first kappa shape index (κ1) is 13.2. The summed E-state index contributed by atoms with van der Waals surface area (Å²) in [7, 11) is 0. The zero-order valence-corrected chi connectivity index (χ0v) is 10.2. The Morgan fingerprint density at radius 2 is 1.88 bits per heavy atom. The summed E-state index contributed by atoms with van der Waals surface area (Å²) in [4.78, 5) is 23.3. The molecule has 92 valence electrons. The largest absolute Gasteiger partial charge is 0.354 e. The van der Waals surface area contributed by atoms with E-state index in [0.717, 1.165) is 6.42 Å². The molecule has 4 nitrogen and oxygen atoms in total. The van der Waals surface area contributed by atoms with Crippen molar-refractivity contribution in [1.29, 1.82) is 0 Å². The number of carbonyl (C=O) groups excluding carboxylic acids is 2. The van der Waals surface area contributed by atoms with Crippen molar-refractivity contribution < 1.29 is 9.59 Å². The second-order valence-corrected chi connectivity index (χ2v) is 3.85. The SMILES string of the molecule is CCCNC(=O)[C@H](C)NC(=O)c1ccccc1. The van der Waals surface area contributed by atoms with Crippen molar-refractivity contribution >= 4 is 11.8 Å². The van der Waals surface area contributed by atoms with E-state index in [0.29, 0.717) is 12.1 Å². The summed E-state index contributed by atoms with van der Waals surface area (Å²) >= 11 is 0. The Balaban J connectivity index is 2.49. The fraction of sp³-hybridized carbons (Fsp3) is 0.385. The summed E-state index contributed by atoms with van der Waals surface area (Å²) in [5, 5.41) is 5.39. The van der Waals surface area contributed by atoms with E-state index in [2.05, 4.69) is 10.6 Å². The molecular formula is C13H18N2O2. The van der Waals surface area contributed by atoms with E-state index in [1.54, 1.807) is 31.2 Å². The third kappa shape index (κ3) is 4.26. The smallest absolute Gasteiger partial charge is 0.251 e. The van der Waals surface area contributed by atoms with Crippen LogP contribution in [0.1, 0.15) is 30.6 Å². The van der Waals surface area contributed by atoms with Crippen molar-refractivity contribution in [3.63, 3.8) is 0 Å². The fourth-order valence-corrected chi connectivity index (χ4v) is 1.34. The minimum atomic E-state index is -0.519. The molecule has 0 radical (unpaired) electrons. The number of carbonyl (C=O) groups is 2. The molecule has 4 heteroatoms. The molecule has 0 aliphatic rings. The fourth-order valence-electron chi connectivity index (χ4n) is 1.34. The highest BCUT2D eigenvalue weighted by atomic mass is 16.2. The second kappa shape index (κ2) is 6.68. The van der Waals surface area contributed by atoms with E-state index >= 15 is 0 Å². The molecule has 0 fully saturated rings. The van der Waals surface area contributed by atoms with Crippen molar-refractivity contribution in [2.75, 3.05) is 6.54 Å². The normalized spacial score (nSPS) is 11.6. The van der Waals surface area contributed by atoms with Crippen LogP contribution < -0.4 is 10.6 Å². The van der Waals surface area contributed by atoms with E-state index in [1.165, 1.54) is 0 Å². The molecule has 0 heterocycles. The third-order valence-corrected chi connectivity index (χ3v) is 2.33. The lowest BCUT2D eigenvalue weighted by atomic mass is 10.2. The van der Waals surface area contributed by atoms with Gasteiger partial charge >= 0.3 is 0 Å². The number of benzene rings is 1. The van der Waals surface area contributed by atoms with Crippen LogP contribution in [0.15, 0.2) is 30.3 Å². The monoisotopic (exact) mass is 234 g/mol. The standard InChI is InChI=1S/C13H18N2O2/c1-3-9-14-12(16)10(2)15-13(17)11-7-5-4-6-8-11/h4-8,10H,3,9H2,1-2H3,(H,14,16)(H,15,17)/t10-/m0/s1. The van der Waals surface area contributed by atoms with Gasteiger partial charge in [0, 0.05) is 12.1 Å². The summed E-state index contributed by atoms with van der Waals surface area (Å²) in [6.45, 7) is 4.28. The van der Waals surface area contributed by atoms with Crippen molar-refractivity contribution in [1.82, 2.24) is 10.6 Å². The van der Waals surface area contributed by atoms with Crippen LogP contribution in [-0.4, -0.2) is 24.4 Å². The van der Waals surface area contributed by atoms with E-state index in [9.17, 15) is 9.59 Å². The van der Waals surface area contributed by atoms with Gasteiger partial charge in [-0.15, -0.1) is 0 Å². The first-order valence-electron chi connectivity index (χ1n) is 5.78. The summed E-state index contributed by atoms with van der Waals surface area (Å²) in [5.74, 6) is -0.388. The maximum Gasteiger partial charge on any atom is 0.251 e. The molecule has 0 saturated heterocycles. The van der Waals surface area contributed by atoms with Gasteiger partial charge < -0.3 is 10.6 Å². The van der Waals surface area contributed by atoms with E-state index < -0.39 is 6.04 Å². The van der Waals surface area contributed by atoms with Gasteiger partial charge in [0.1, 0.15) is 6.04 Å². The summed E-state index contributed by atoms with van der Waals surface area (Å²) in [5.41, 5.74) is 0.558. The zero-order chi connectivity index (χ0) is 12.7. The Kier molecular flexibility index (Phi) is 5.20. The minimum Gasteiger partial charge on any atom is -0.354 e. The second-order valence-electron chi connectivity index (χ2n) is 3.85. The van der Waals surface area contributed by atoms with E-state index in [1.807, 2.05) is 13.0 Å². The van der Waals surface area contributed by atoms with Gasteiger partial charge in [-0.2, -0.15) is 0 Å². The maximum atomic E-state index is 11.7. The Bertz CT molecular complexity index is 376. The van der Waals surface area contributed by atoms with Gasteiger partial charge in [0.15, 0.2) is 0 Å². The van der Waals surface area contributed by atoms with Crippen molar-refractivity contribution in [3.8, 4) is 0 Å². The van der Waals surface area contributed by atoms with Crippen LogP contribution in [0.5, 0.6) is 0 Å². The maximum absolute atomic E-state index is 11.7. The van der Waals surface area contributed by atoms with Gasteiger partial charge in [0.25, 0.3) is 5.91 Å². The molecule has 2 amide bonds. The third-order valence-electron chi connectivity index (χ3n) is 2.33. The highest BCUT2D eigenvalue weighted by Crippen LogP contribution is 1.98. The molecule has 1 atom stereocenters. The molecule has 1 aromatic carbocycles.